The number of anilines is 1. The number of benzene rings is 2. The number of carbonyl (C=O) groups excluding carboxylic acids is 3. The summed E-state index contributed by atoms with van der Waals surface area (Å²) >= 11 is 0.925. The van der Waals surface area contributed by atoms with Gasteiger partial charge in [-0.05, 0) is 43.2 Å². The molecule has 216 valence electrons. The second kappa shape index (κ2) is 12.9. The minimum absolute atomic E-state index is 0.110. The van der Waals surface area contributed by atoms with Gasteiger partial charge in [0.25, 0.3) is 5.78 Å². The molecule has 1 saturated heterocycles. The van der Waals surface area contributed by atoms with E-state index in [4.69, 9.17) is 18.9 Å². The molecular formula is C30H32N2O8S. The van der Waals surface area contributed by atoms with Crippen molar-refractivity contribution >= 4 is 39.9 Å². The van der Waals surface area contributed by atoms with Crippen molar-refractivity contribution in [3.05, 3.63) is 69.7 Å². The number of hydrogen-bond acceptors (Lipinski definition) is 10. The van der Waals surface area contributed by atoms with E-state index in [2.05, 4.69) is 11.9 Å². The smallest absolute Gasteiger partial charge is 0.350 e. The third kappa shape index (κ3) is 5.90. The van der Waals surface area contributed by atoms with E-state index < -0.39 is 23.7 Å². The van der Waals surface area contributed by atoms with Gasteiger partial charge in [-0.3, -0.25) is 14.5 Å². The first-order valence-electron chi connectivity index (χ1n) is 13.1. The SMILES string of the molecule is CCCCCOc1ccc(C2C(=C(O)c3cccc(OC)c3)C(=O)C(=O)N2c2nc(C)c(C(=O)OC)s2)cc1OC. The molecule has 0 saturated carbocycles. The Morgan fingerprint density at radius 2 is 1.83 bits per heavy atom. The fourth-order valence-electron chi connectivity index (χ4n) is 4.55. The fraction of sp³-hybridized carbons (Fsp3) is 0.333. The van der Waals surface area contributed by atoms with Crippen molar-refractivity contribution in [3.8, 4) is 17.2 Å². The van der Waals surface area contributed by atoms with Crippen LogP contribution in [0.3, 0.4) is 0 Å². The number of methoxy groups -OCH3 is 3. The zero-order chi connectivity index (χ0) is 29.7. The van der Waals surface area contributed by atoms with Crippen LogP contribution in [-0.4, -0.2) is 55.7 Å². The molecule has 0 spiro atoms. The van der Waals surface area contributed by atoms with Gasteiger partial charge < -0.3 is 24.1 Å². The van der Waals surface area contributed by atoms with Crippen LogP contribution in [0.2, 0.25) is 0 Å². The highest BCUT2D eigenvalue weighted by molar-refractivity contribution is 7.17. The number of aromatic nitrogens is 1. The molecule has 1 N–H and O–H groups in total. The summed E-state index contributed by atoms with van der Waals surface area (Å²) in [5, 5.41) is 11.5. The predicted molar refractivity (Wildman–Crippen MR) is 154 cm³/mol. The lowest BCUT2D eigenvalue weighted by Gasteiger charge is -2.24. The highest BCUT2D eigenvalue weighted by Crippen LogP contribution is 2.45. The number of thiazole rings is 1. The van der Waals surface area contributed by atoms with Crippen LogP contribution in [0.5, 0.6) is 17.2 Å². The van der Waals surface area contributed by atoms with Gasteiger partial charge in [-0.25, -0.2) is 9.78 Å². The summed E-state index contributed by atoms with van der Waals surface area (Å²) in [6, 6.07) is 10.5. The lowest BCUT2D eigenvalue weighted by atomic mass is 9.95. The van der Waals surface area contributed by atoms with Crippen molar-refractivity contribution in [1.82, 2.24) is 4.98 Å². The maximum Gasteiger partial charge on any atom is 0.350 e. The van der Waals surface area contributed by atoms with Gasteiger partial charge in [0, 0.05) is 5.56 Å². The molecule has 0 aliphatic carbocycles. The van der Waals surface area contributed by atoms with Crippen LogP contribution in [0.1, 0.15) is 58.7 Å². The Labute approximate surface area is 242 Å². The van der Waals surface area contributed by atoms with E-state index in [0.29, 0.717) is 40.7 Å². The van der Waals surface area contributed by atoms with Crippen LogP contribution in [-0.2, 0) is 14.3 Å². The average molecular weight is 581 g/mol. The van der Waals surface area contributed by atoms with E-state index in [1.807, 2.05) is 0 Å². The van der Waals surface area contributed by atoms with Crippen molar-refractivity contribution in [2.24, 2.45) is 0 Å². The van der Waals surface area contributed by atoms with Gasteiger partial charge in [0.05, 0.1) is 45.2 Å². The number of carbonyl (C=O) groups is 3. The normalized spacial score (nSPS) is 16.1. The average Bonchev–Trinajstić information content (AvgIpc) is 3.50. The molecule has 1 atom stereocenters. The van der Waals surface area contributed by atoms with Gasteiger partial charge >= 0.3 is 11.9 Å². The molecule has 0 bridgehead atoms. The Morgan fingerprint density at radius 3 is 2.51 bits per heavy atom. The van der Waals surface area contributed by atoms with Crippen LogP contribution in [0.15, 0.2) is 48.0 Å². The number of nitrogens with zero attached hydrogens (tertiary/aromatic N) is 2. The largest absolute Gasteiger partial charge is 0.507 e. The fourth-order valence-corrected chi connectivity index (χ4v) is 5.56. The summed E-state index contributed by atoms with van der Waals surface area (Å²) in [5.41, 5.74) is 0.965. The van der Waals surface area contributed by atoms with Gasteiger partial charge in [-0.1, -0.05) is 49.3 Å². The zero-order valence-corrected chi connectivity index (χ0v) is 24.4. The van der Waals surface area contributed by atoms with Crippen LogP contribution >= 0.6 is 11.3 Å². The van der Waals surface area contributed by atoms with Crippen molar-refractivity contribution < 1.29 is 38.4 Å². The van der Waals surface area contributed by atoms with Gasteiger partial charge in [0.2, 0.25) is 0 Å². The minimum Gasteiger partial charge on any atom is -0.507 e. The summed E-state index contributed by atoms with van der Waals surface area (Å²) in [5.74, 6) is -1.42. The summed E-state index contributed by atoms with van der Waals surface area (Å²) in [4.78, 5) is 45.2. The van der Waals surface area contributed by atoms with Crippen LogP contribution in [0.25, 0.3) is 5.76 Å². The second-order valence-corrected chi connectivity index (χ2v) is 10.2. The molecule has 1 aliphatic heterocycles. The molecule has 41 heavy (non-hydrogen) atoms. The number of ketones is 1. The van der Waals surface area contributed by atoms with Crippen LogP contribution in [0, 0.1) is 6.92 Å². The third-order valence-corrected chi connectivity index (χ3v) is 7.80. The topological polar surface area (TPSA) is 124 Å². The van der Waals surface area contributed by atoms with Crippen molar-refractivity contribution in [2.45, 2.75) is 39.2 Å². The maximum absolute atomic E-state index is 13.5. The monoisotopic (exact) mass is 580 g/mol. The highest BCUT2D eigenvalue weighted by atomic mass is 32.1. The molecule has 4 rings (SSSR count). The van der Waals surface area contributed by atoms with E-state index >= 15 is 0 Å². The lowest BCUT2D eigenvalue weighted by Crippen LogP contribution is -2.29. The van der Waals surface area contributed by atoms with Crippen LogP contribution in [0.4, 0.5) is 5.13 Å². The third-order valence-electron chi connectivity index (χ3n) is 6.66. The predicted octanol–water partition coefficient (Wildman–Crippen LogP) is 5.45. The number of aliphatic hydroxyl groups excluding tert-OH is 1. The van der Waals surface area contributed by atoms with E-state index in [-0.39, 0.29) is 21.3 Å². The summed E-state index contributed by atoms with van der Waals surface area (Å²) < 4.78 is 21.6. The van der Waals surface area contributed by atoms with E-state index in [0.717, 1.165) is 30.6 Å². The van der Waals surface area contributed by atoms with Gasteiger partial charge in [-0.15, -0.1) is 0 Å². The number of hydrogen-bond donors (Lipinski definition) is 1. The van der Waals surface area contributed by atoms with Gasteiger partial charge in [-0.2, -0.15) is 0 Å². The number of aliphatic hydroxyl groups is 1. The second-order valence-electron chi connectivity index (χ2n) is 9.27. The number of unbranched alkanes of at least 4 members (excludes halogenated alkanes) is 2. The van der Waals surface area contributed by atoms with Crippen molar-refractivity contribution in [1.29, 1.82) is 0 Å². The first-order chi connectivity index (χ1) is 19.7. The Balaban J connectivity index is 1.88. The number of rotatable bonds is 11. The molecule has 10 nitrogen and oxygen atoms in total. The number of amides is 1. The standard InChI is InChI=1S/C30H32N2O8S/c1-6-7-8-14-40-21-13-12-18(16-22(21)38-4)24-23(25(33)19-10-9-11-20(15-19)37-3)26(34)28(35)32(24)30-31-17(2)27(41-30)29(36)39-5/h9-13,15-16,24,33H,6-8,14H2,1-5H3. The molecule has 1 fully saturated rings. The number of aryl methyl sites for hydroxylation is 1. The quantitative estimate of drug-likeness (QED) is 0.104. The molecule has 1 amide bonds. The molecule has 2 heterocycles. The number of Topliss-reactive ketones (excluding diaryl/α,β-unsaturated/α-hetero) is 1. The summed E-state index contributed by atoms with van der Waals surface area (Å²) in [6.45, 7) is 4.23. The maximum atomic E-state index is 13.5. The first-order valence-corrected chi connectivity index (χ1v) is 13.9. The Morgan fingerprint density at radius 1 is 1.05 bits per heavy atom. The van der Waals surface area contributed by atoms with Gasteiger partial charge in [0.15, 0.2) is 16.6 Å². The molecule has 2 aromatic carbocycles. The Bertz CT molecular complexity index is 1500. The highest BCUT2D eigenvalue weighted by Gasteiger charge is 2.48. The van der Waals surface area contributed by atoms with Crippen molar-refractivity contribution in [3.63, 3.8) is 0 Å². The molecule has 1 aromatic heterocycles. The first kappa shape index (κ1) is 29.6. The van der Waals surface area contributed by atoms with Crippen molar-refractivity contribution in [2.75, 3.05) is 32.8 Å². The van der Waals surface area contributed by atoms with E-state index in [9.17, 15) is 19.5 Å². The molecule has 1 unspecified atom stereocenters. The number of esters is 1. The van der Waals surface area contributed by atoms with Gasteiger partial charge in [0.1, 0.15) is 16.4 Å². The molecule has 3 aromatic rings. The Hall–Kier alpha value is -4.38. The lowest BCUT2D eigenvalue weighted by molar-refractivity contribution is -0.132. The molecule has 11 heteroatoms. The van der Waals surface area contributed by atoms with E-state index in [1.165, 1.54) is 26.2 Å². The summed E-state index contributed by atoms with van der Waals surface area (Å²) in [6.07, 6.45) is 2.97. The zero-order valence-electron chi connectivity index (χ0n) is 23.6. The summed E-state index contributed by atoms with van der Waals surface area (Å²) in [7, 11) is 4.23. The molecule has 0 radical (unpaired) electrons. The molecule has 1 aliphatic rings. The van der Waals surface area contributed by atoms with Crippen LogP contribution < -0.4 is 19.1 Å². The number of ether oxygens (including phenoxy) is 4. The Kier molecular flexibility index (Phi) is 9.28. The van der Waals surface area contributed by atoms with E-state index in [1.54, 1.807) is 49.4 Å². The molecular weight excluding hydrogens is 548 g/mol. The minimum atomic E-state index is -1.08.